The van der Waals surface area contributed by atoms with Gasteiger partial charge in [-0.2, -0.15) is 0 Å². The minimum atomic E-state index is -1.04. The van der Waals surface area contributed by atoms with Gasteiger partial charge in [0.15, 0.2) is 0 Å². The van der Waals surface area contributed by atoms with Gasteiger partial charge in [-0.1, -0.05) is 36.9 Å². The number of hydrogen-bond acceptors (Lipinski definition) is 2. The fourth-order valence-corrected chi connectivity index (χ4v) is 1.50. The van der Waals surface area contributed by atoms with Gasteiger partial charge in [0.25, 0.3) is 0 Å². The van der Waals surface area contributed by atoms with E-state index in [1.807, 2.05) is 30.3 Å². The molecule has 0 radical (unpaired) electrons. The third kappa shape index (κ3) is 2.77. The maximum atomic E-state index is 10.8. The molecule has 0 saturated carbocycles. The van der Waals surface area contributed by atoms with E-state index in [2.05, 4.69) is 6.58 Å². The van der Waals surface area contributed by atoms with Crippen LogP contribution in [-0.2, 0) is 4.79 Å². The van der Waals surface area contributed by atoms with Crippen molar-refractivity contribution in [1.82, 2.24) is 0 Å². The van der Waals surface area contributed by atoms with Gasteiger partial charge in [-0.05, 0) is 29.8 Å². The highest BCUT2D eigenvalue weighted by Gasteiger charge is 2.08. The molecule has 2 aromatic carbocycles. The molecule has 3 heteroatoms. The lowest BCUT2D eigenvalue weighted by Gasteiger charge is -2.07. The molecule has 90 valence electrons. The summed E-state index contributed by atoms with van der Waals surface area (Å²) in [5, 5.41) is 8.88. The Balaban J connectivity index is 2.23. The van der Waals surface area contributed by atoms with Crippen molar-refractivity contribution in [2.75, 3.05) is 0 Å². The van der Waals surface area contributed by atoms with Crippen LogP contribution < -0.4 is 4.74 Å². The molecule has 0 unspecified atom stereocenters. The maximum Gasteiger partial charge on any atom is 0.335 e. The van der Waals surface area contributed by atoms with E-state index in [0.29, 0.717) is 17.1 Å². The summed E-state index contributed by atoms with van der Waals surface area (Å²) in [5.74, 6) is 0.253. The zero-order valence-corrected chi connectivity index (χ0v) is 9.67. The van der Waals surface area contributed by atoms with Gasteiger partial charge in [0, 0.05) is 0 Å². The van der Waals surface area contributed by atoms with E-state index >= 15 is 0 Å². The monoisotopic (exact) mass is 240 g/mol. The molecular formula is C15H12O3. The Kier molecular flexibility index (Phi) is 3.44. The lowest BCUT2D eigenvalue weighted by Crippen LogP contribution is -1.97. The van der Waals surface area contributed by atoms with E-state index in [9.17, 15) is 4.79 Å². The summed E-state index contributed by atoms with van der Waals surface area (Å²) < 4.78 is 5.61. The molecular weight excluding hydrogens is 228 g/mol. The molecule has 0 fully saturated rings. The first kappa shape index (κ1) is 11.9. The first-order valence-electron chi connectivity index (χ1n) is 5.42. The van der Waals surface area contributed by atoms with Crippen molar-refractivity contribution in [3.63, 3.8) is 0 Å². The molecule has 0 aromatic heterocycles. The summed E-state index contributed by atoms with van der Waals surface area (Å²) >= 11 is 0. The van der Waals surface area contributed by atoms with Crippen molar-refractivity contribution in [3.8, 4) is 11.5 Å². The number of carboxylic acid groups (broad SMARTS) is 1. The van der Waals surface area contributed by atoms with Crippen molar-refractivity contribution < 1.29 is 14.6 Å². The number of benzene rings is 2. The minimum Gasteiger partial charge on any atom is -0.478 e. The second kappa shape index (κ2) is 5.19. The molecule has 0 amide bonds. The number of aliphatic carboxylic acids is 1. The first-order valence-corrected chi connectivity index (χ1v) is 5.42. The number of ether oxygens (including phenoxy) is 1. The summed E-state index contributed by atoms with van der Waals surface area (Å²) in [6.45, 7) is 3.52. The average Bonchev–Trinajstić information content (AvgIpc) is 2.39. The summed E-state index contributed by atoms with van der Waals surface area (Å²) in [4.78, 5) is 10.8. The fraction of sp³-hybridized carbons (Fsp3) is 0. The molecule has 0 aliphatic heterocycles. The Hall–Kier alpha value is -2.55. The second-order valence-electron chi connectivity index (χ2n) is 3.73. The standard InChI is InChI=1S/C15H12O3/c1-11(15(16)17)12-6-5-9-14(10-12)18-13-7-3-2-4-8-13/h2-10H,1H2,(H,16,17). The SMILES string of the molecule is C=C(C(=O)O)c1cccc(Oc2ccccc2)c1. The van der Waals surface area contributed by atoms with Gasteiger partial charge < -0.3 is 9.84 Å². The molecule has 0 atom stereocenters. The maximum absolute atomic E-state index is 10.8. The van der Waals surface area contributed by atoms with Gasteiger partial charge in [0.1, 0.15) is 11.5 Å². The lowest BCUT2D eigenvalue weighted by molar-refractivity contribution is -0.130. The Labute approximate surface area is 105 Å². The van der Waals surface area contributed by atoms with E-state index in [4.69, 9.17) is 9.84 Å². The van der Waals surface area contributed by atoms with Crippen molar-refractivity contribution in [1.29, 1.82) is 0 Å². The Morgan fingerprint density at radius 1 is 1.00 bits per heavy atom. The van der Waals surface area contributed by atoms with Gasteiger partial charge in [0.2, 0.25) is 0 Å². The highest BCUT2D eigenvalue weighted by molar-refractivity contribution is 6.14. The van der Waals surface area contributed by atoms with Crippen LogP contribution in [0.3, 0.4) is 0 Å². The lowest BCUT2D eigenvalue weighted by atomic mass is 10.1. The first-order chi connectivity index (χ1) is 8.66. The van der Waals surface area contributed by atoms with Crippen molar-refractivity contribution in [2.45, 2.75) is 0 Å². The van der Waals surface area contributed by atoms with Crippen LogP contribution in [0.2, 0.25) is 0 Å². The second-order valence-corrected chi connectivity index (χ2v) is 3.73. The topological polar surface area (TPSA) is 46.5 Å². The van der Waals surface area contributed by atoms with Crippen LogP contribution in [0, 0.1) is 0 Å². The van der Waals surface area contributed by atoms with Crippen molar-refractivity contribution in [2.24, 2.45) is 0 Å². The zero-order valence-electron chi connectivity index (χ0n) is 9.67. The molecule has 1 N–H and O–H groups in total. The summed E-state index contributed by atoms with van der Waals surface area (Å²) in [6, 6.07) is 16.2. The van der Waals surface area contributed by atoms with Crippen molar-refractivity contribution >= 4 is 11.5 Å². The van der Waals surface area contributed by atoms with Crippen molar-refractivity contribution in [3.05, 3.63) is 66.7 Å². The van der Waals surface area contributed by atoms with Crippen LogP contribution in [0.25, 0.3) is 5.57 Å². The predicted octanol–water partition coefficient (Wildman–Crippen LogP) is 3.58. The Morgan fingerprint density at radius 3 is 2.33 bits per heavy atom. The number of para-hydroxylation sites is 1. The average molecular weight is 240 g/mol. The van der Waals surface area contributed by atoms with Gasteiger partial charge in [-0.15, -0.1) is 0 Å². The van der Waals surface area contributed by atoms with Gasteiger partial charge in [-0.25, -0.2) is 4.79 Å². The summed E-state index contributed by atoms with van der Waals surface area (Å²) in [7, 11) is 0. The number of rotatable bonds is 4. The largest absolute Gasteiger partial charge is 0.478 e. The molecule has 0 heterocycles. The summed E-state index contributed by atoms with van der Waals surface area (Å²) in [6.07, 6.45) is 0. The smallest absolute Gasteiger partial charge is 0.335 e. The predicted molar refractivity (Wildman–Crippen MR) is 69.6 cm³/mol. The zero-order chi connectivity index (χ0) is 13.0. The summed E-state index contributed by atoms with van der Waals surface area (Å²) in [5.41, 5.74) is 0.587. The molecule has 3 nitrogen and oxygen atoms in total. The Morgan fingerprint density at radius 2 is 1.67 bits per heavy atom. The van der Waals surface area contributed by atoms with Gasteiger partial charge >= 0.3 is 5.97 Å². The highest BCUT2D eigenvalue weighted by atomic mass is 16.5. The van der Waals surface area contributed by atoms with E-state index in [-0.39, 0.29) is 5.57 Å². The van der Waals surface area contributed by atoms with Crippen LogP contribution in [-0.4, -0.2) is 11.1 Å². The van der Waals surface area contributed by atoms with Crippen LogP contribution >= 0.6 is 0 Å². The van der Waals surface area contributed by atoms with Crippen LogP contribution in [0.4, 0.5) is 0 Å². The third-order valence-electron chi connectivity index (χ3n) is 2.42. The minimum absolute atomic E-state index is 0.0495. The molecule has 2 rings (SSSR count). The third-order valence-corrected chi connectivity index (χ3v) is 2.42. The van der Waals surface area contributed by atoms with E-state index < -0.39 is 5.97 Å². The molecule has 0 aliphatic rings. The quantitative estimate of drug-likeness (QED) is 0.831. The van der Waals surface area contributed by atoms with Crippen LogP contribution in [0.1, 0.15) is 5.56 Å². The highest BCUT2D eigenvalue weighted by Crippen LogP contribution is 2.24. The van der Waals surface area contributed by atoms with Gasteiger partial charge in [0.05, 0.1) is 5.57 Å². The van der Waals surface area contributed by atoms with Gasteiger partial charge in [-0.3, -0.25) is 0 Å². The number of carbonyl (C=O) groups is 1. The fourth-order valence-electron chi connectivity index (χ4n) is 1.50. The molecule has 18 heavy (non-hydrogen) atoms. The Bertz CT molecular complexity index is 573. The molecule has 2 aromatic rings. The van der Waals surface area contributed by atoms with E-state index in [0.717, 1.165) is 0 Å². The van der Waals surface area contributed by atoms with E-state index in [1.54, 1.807) is 24.3 Å². The molecule has 0 saturated heterocycles. The van der Waals surface area contributed by atoms with Crippen LogP contribution in [0.15, 0.2) is 61.2 Å². The number of carboxylic acids is 1. The molecule has 0 aliphatic carbocycles. The normalized spacial score (nSPS) is 9.78. The van der Waals surface area contributed by atoms with Crippen LogP contribution in [0.5, 0.6) is 11.5 Å². The molecule has 0 spiro atoms. The number of hydrogen-bond donors (Lipinski definition) is 1. The van der Waals surface area contributed by atoms with E-state index in [1.165, 1.54) is 0 Å². The molecule has 0 bridgehead atoms.